The first-order valence-corrected chi connectivity index (χ1v) is 15.5. The molecule has 236 valence electrons. The fourth-order valence-corrected chi connectivity index (χ4v) is 5.18. The molecule has 44 heavy (non-hydrogen) atoms. The maximum Gasteiger partial charge on any atom is 0.476 e. The molecular weight excluding hydrogens is 587 g/mol. The topological polar surface area (TPSA) is 124 Å². The molecule has 0 saturated heterocycles. The zero-order valence-electron chi connectivity index (χ0n) is 26.0. The highest BCUT2D eigenvalue weighted by Crippen LogP contribution is 2.49. The third kappa shape index (κ3) is 11.4. The zero-order chi connectivity index (χ0) is 32.3. The van der Waals surface area contributed by atoms with E-state index in [9.17, 15) is 18.9 Å². The summed E-state index contributed by atoms with van der Waals surface area (Å²) in [5.74, 6) is -0.139. The molecule has 0 N–H and O–H groups in total. The summed E-state index contributed by atoms with van der Waals surface area (Å²) in [4.78, 5) is 37.5. The lowest BCUT2D eigenvalue weighted by Crippen LogP contribution is -2.22. The Labute approximate surface area is 258 Å². The molecule has 3 aromatic rings. The Balaban J connectivity index is 1.57. The standard InChI is InChI=1S/C33H39O10P/c1-22-7-10-31(25(4)13-22)38-16-28(34)19-41-44(37,42-20-29(35)17-39-32-11-8-23(2)14-26(32)5)43-21-30(36)18-40-33-12-9-24(3)15-27(33)6/h7-15H,16-21H2,1-6H3. The number of carbonyl (C=O) groups excluding carboxylic acids is 3. The molecule has 0 radical (unpaired) electrons. The van der Waals surface area contributed by atoms with Crippen LogP contribution in [0.15, 0.2) is 54.6 Å². The average molecular weight is 627 g/mol. The molecule has 0 aliphatic rings. The summed E-state index contributed by atoms with van der Waals surface area (Å²) in [5.41, 5.74) is 5.67. The number of carbonyl (C=O) groups is 3. The Kier molecular flexibility index (Phi) is 12.8. The zero-order valence-corrected chi connectivity index (χ0v) is 26.9. The van der Waals surface area contributed by atoms with E-state index in [2.05, 4.69) is 0 Å². The van der Waals surface area contributed by atoms with Gasteiger partial charge in [-0.3, -0.25) is 28.0 Å². The number of phosphoric ester groups is 1. The highest BCUT2D eigenvalue weighted by molar-refractivity contribution is 7.48. The summed E-state index contributed by atoms with van der Waals surface area (Å²) < 4.78 is 45.7. The SMILES string of the molecule is Cc1ccc(OCC(=O)COP(=O)(OCC(=O)COc2ccc(C)cc2C)OCC(=O)COc2ccc(C)cc2C)c(C)c1. The Morgan fingerprint density at radius 1 is 0.477 bits per heavy atom. The summed E-state index contributed by atoms with van der Waals surface area (Å²) >= 11 is 0. The molecular formula is C33H39O10P. The van der Waals surface area contributed by atoms with Crippen molar-refractivity contribution < 1.29 is 46.7 Å². The molecule has 0 aliphatic heterocycles. The molecule has 10 nitrogen and oxygen atoms in total. The molecule has 0 unspecified atom stereocenters. The highest BCUT2D eigenvalue weighted by Gasteiger charge is 2.30. The molecule has 0 aromatic heterocycles. The fourth-order valence-electron chi connectivity index (χ4n) is 4.05. The van der Waals surface area contributed by atoms with E-state index in [4.69, 9.17) is 27.8 Å². The van der Waals surface area contributed by atoms with Crippen LogP contribution in [0.4, 0.5) is 0 Å². The van der Waals surface area contributed by atoms with Gasteiger partial charge in [0, 0.05) is 0 Å². The lowest BCUT2D eigenvalue weighted by atomic mass is 10.1. The van der Waals surface area contributed by atoms with Crippen LogP contribution in [0.1, 0.15) is 33.4 Å². The predicted molar refractivity (Wildman–Crippen MR) is 165 cm³/mol. The number of phosphoric acid groups is 1. The smallest absolute Gasteiger partial charge is 0.476 e. The van der Waals surface area contributed by atoms with Crippen molar-refractivity contribution in [2.45, 2.75) is 41.5 Å². The van der Waals surface area contributed by atoms with Crippen molar-refractivity contribution in [2.24, 2.45) is 0 Å². The molecule has 0 heterocycles. The fraction of sp³-hybridized carbons (Fsp3) is 0.364. The van der Waals surface area contributed by atoms with Crippen molar-refractivity contribution >= 4 is 25.2 Å². The molecule has 0 saturated carbocycles. The third-order valence-electron chi connectivity index (χ3n) is 6.31. The van der Waals surface area contributed by atoms with Crippen LogP contribution in [0.5, 0.6) is 17.2 Å². The quantitative estimate of drug-likeness (QED) is 0.157. The maximum atomic E-state index is 13.4. The molecule has 0 atom stereocenters. The Bertz CT molecular complexity index is 1350. The highest BCUT2D eigenvalue weighted by atomic mass is 31.2. The van der Waals surface area contributed by atoms with Gasteiger partial charge in [0.15, 0.2) is 17.3 Å². The van der Waals surface area contributed by atoms with Gasteiger partial charge < -0.3 is 14.2 Å². The number of ether oxygens (including phenoxy) is 3. The van der Waals surface area contributed by atoms with Crippen molar-refractivity contribution in [2.75, 3.05) is 39.6 Å². The monoisotopic (exact) mass is 626 g/mol. The van der Waals surface area contributed by atoms with Gasteiger partial charge in [0.1, 0.15) is 56.9 Å². The molecule has 0 aliphatic carbocycles. The predicted octanol–water partition coefficient (Wildman–Crippen LogP) is 5.94. The van der Waals surface area contributed by atoms with Crippen LogP contribution in [0.25, 0.3) is 0 Å². The summed E-state index contributed by atoms with van der Waals surface area (Å²) in [6.07, 6.45) is 0. The summed E-state index contributed by atoms with van der Waals surface area (Å²) in [5, 5.41) is 0. The second-order valence-corrected chi connectivity index (χ2v) is 12.2. The van der Waals surface area contributed by atoms with E-state index < -0.39 is 45.0 Å². The van der Waals surface area contributed by atoms with Gasteiger partial charge in [0.25, 0.3) is 0 Å². The van der Waals surface area contributed by atoms with Crippen molar-refractivity contribution in [3.63, 3.8) is 0 Å². The van der Waals surface area contributed by atoms with Crippen LogP contribution >= 0.6 is 7.82 Å². The Morgan fingerprint density at radius 2 is 0.750 bits per heavy atom. The number of ketones is 3. The first kappa shape index (κ1) is 34.7. The van der Waals surface area contributed by atoms with E-state index in [0.29, 0.717) is 17.2 Å². The van der Waals surface area contributed by atoms with Gasteiger partial charge in [-0.2, -0.15) is 0 Å². The molecule has 0 fully saturated rings. The first-order chi connectivity index (χ1) is 20.8. The lowest BCUT2D eigenvalue weighted by Gasteiger charge is -2.18. The summed E-state index contributed by atoms with van der Waals surface area (Å²) in [6.45, 7) is 8.15. The second-order valence-electron chi connectivity index (χ2n) is 10.6. The molecule has 3 aromatic carbocycles. The van der Waals surface area contributed by atoms with Crippen molar-refractivity contribution in [3.05, 3.63) is 88.0 Å². The maximum absolute atomic E-state index is 13.4. The van der Waals surface area contributed by atoms with Gasteiger partial charge in [-0.05, 0) is 76.4 Å². The van der Waals surface area contributed by atoms with Gasteiger partial charge in [-0.15, -0.1) is 0 Å². The van der Waals surface area contributed by atoms with Gasteiger partial charge in [-0.25, -0.2) is 4.57 Å². The minimum atomic E-state index is -4.55. The molecule has 0 amide bonds. The minimum Gasteiger partial charge on any atom is -0.485 e. The van der Waals surface area contributed by atoms with Gasteiger partial charge >= 0.3 is 7.82 Å². The van der Waals surface area contributed by atoms with Crippen molar-refractivity contribution in [1.82, 2.24) is 0 Å². The first-order valence-electron chi connectivity index (χ1n) is 14.0. The minimum absolute atomic E-state index is 0.366. The Morgan fingerprint density at radius 3 is 1.00 bits per heavy atom. The van der Waals surface area contributed by atoms with Crippen LogP contribution in [-0.4, -0.2) is 57.0 Å². The number of rotatable bonds is 18. The van der Waals surface area contributed by atoms with Crippen molar-refractivity contribution in [3.8, 4) is 17.2 Å². The van der Waals surface area contributed by atoms with Gasteiger partial charge in [0.2, 0.25) is 0 Å². The van der Waals surface area contributed by atoms with Gasteiger partial charge in [-0.1, -0.05) is 53.1 Å². The van der Waals surface area contributed by atoms with E-state index in [1.54, 1.807) is 18.2 Å². The van der Waals surface area contributed by atoms with Crippen LogP contribution in [0.3, 0.4) is 0 Å². The number of hydrogen-bond donors (Lipinski definition) is 0. The molecule has 3 rings (SSSR count). The molecule has 0 spiro atoms. The largest absolute Gasteiger partial charge is 0.485 e. The third-order valence-corrected chi connectivity index (χ3v) is 7.64. The summed E-state index contributed by atoms with van der Waals surface area (Å²) in [6, 6.07) is 16.5. The van der Waals surface area contributed by atoms with E-state index in [-0.39, 0.29) is 19.8 Å². The lowest BCUT2D eigenvalue weighted by molar-refractivity contribution is -0.125. The van der Waals surface area contributed by atoms with Gasteiger partial charge in [0.05, 0.1) is 0 Å². The van der Waals surface area contributed by atoms with Crippen LogP contribution in [-0.2, 0) is 32.5 Å². The van der Waals surface area contributed by atoms with Crippen LogP contribution in [0.2, 0.25) is 0 Å². The van der Waals surface area contributed by atoms with Crippen LogP contribution in [0, 0.1) is 41.5 Å². The van der Waals surface area contributed by atoms with E-state index in [1.807, 2.05) is 77.9 Å². The van der Waals surface area contributed by atoms with Crippen LogP contribution < -0.4 is 14.2 Å². The number of Topliss-reactive ketones (excluding diaryl/α,β-unsaturated/α-hetero) is 3. The molecule has 11 heteroatoms. The second kappa shape index (κ2) is 16.3. The van der Waals surface area contributed by atoms with E-state index >= 15 is 0 Å². The number of benzene rings is 3. The number of hydrogen-bond acceptors (Lipinski definition) is 10. The van der Waals surface area contributed by atoms with E-state index in [1.165, 1.54) is 0 Å². The summed E-state index contributed by atoms with van der Waals surface area (Å²) in [7, 11) is -4.55. The normalized spacial score (nSPS) is 11.2. The Hall–Kier alpha value is -3.82. The van der Waals surface area contributed by atoms with Crippen molar-refractivity contribution in [1.29, 1.82) is 0 Å². The van der Waals surface area contributed by atoms with E-state index in [0.717, 1.165) is 33.4 Å². The molecule has 0 bridgehead atoms. The average Bonchev–Trinajstić information content (AvgIpc) is 2.97. The number of aryl methyl sites for hydroxylation is 6.